The number of ketones is 1. The summed E-state index contributed by atoms with van der Waals surface area (Å²) in [5.41, 5.74) is 3.08. The third kappa shape index (κ3) is 1.38. The maximum absolute atomic E-state index is 12.2. The first-order chi connectivity index (χ1) is 10.3. The average Bonchev–Trinajstić information content (AvgIpc) is 3.24. The summed E-state index contributed by atoms with van der Waals surface area (Å²) in [6.07, 6.45) is 4.49. The van der Waals surface area contributed by atoms with E-state index in [0.717, 1.165) is 16.7 Å². The number of hydrogen-bond donors (Lipinski definition) is 0. The molecule has 5 rings (SSSR count). The molecular weight excluding hydrogens is 264 g/mol. The van der Waals surface area contributed by atoms with Gasteiger partial charge >= 0.3 is 0 Å². The molecule has 0 aliphatic carbocycles. The van der Waals surface area contributed by atoms with E-state index in [4.69, 9.17) is 9.47 Å². The van der Waals surface area contributed by atoms with Crippen LogP contribution < -0.4 is 0 Å². The lowest BCUT2D eigenvalue weighted by atomic mass is 9.69. The van der Waals surface area contributed by atoms with Gasteiger partial charge in [-0.2, -0.15) is 0 Å². The molecular formula is C18H16O3. The average molecular weight is 280 g/mol. The van der Waals surface area contributed by atoms with Gasteiger partial charge in [0.2, 0.25) is 0 Å². The van der Waals surface area contributed by atoms with Crippen LogP contribution in [-0.2, 0) is 14.3 Å². The second-order valence-electron chi connectivity index (χ2n) is 6.33. The SMILES string of the molecule is CC(=O)C1=C(c2ccccc2)[C@@H]2O[C@H]1[C@@H]1[C@H]2[C@@H]2C=C[C@H]1O2. The van der Waals surface area contributed by atoms with Crippen molar-refractivity contribution in [1.29, 1.82) is 0 Å². The number of hydrogen-bond acceptors (Lipinski definition) is 3. The van der Waals surface area contributed by atoms with Crippen molar-refractivity contribution in [2.24, 2.45) is 11.8 Å². The number of Topliss-reactive ketones (excluding diaryl/α,β-unsaturated/α-hetero) is 1. The van der Waals surface area contributed by atoms with Crippen molar-refractivity contribution in [2.75, 3.05) is 0 Å². The van der Waals surface area contributed by atoms with Crippen LogP contribution >= 0.6 is 0 Å². The molecule has 3 nitrogen and oxygen atoms in total. The van der Waals surface area contributed by atoms with E-state index in [1.807, 2.05) is 18.2 Å². The molecule has 0 aromatic heterocycles. The highest BCUT2D eigenvalue weighted by Crippen LogP contribution is 2.58. The molecule has 3 heteroatoms. The number of ether oxygens (including phenoxy) is 2. The summed E-state index contributed by atoms with van der Waals surface area (Å²) in [5, 5.41) is 0. The van der Waals surface area contributed by atoms with E-state index in [0.29, 0.717) is 11.8 Å². The van der Waals surface area contributed by atoms with Gasteiger partial charge in [-0.3, -0.25) is 4.79 Å². The van der Waals surface area contributed by atoms with Crippen LogP contribution in [0.3, 0.4) is 0 Å². The Morgan fingerprint density at radius 3 is 2.29 bits per heavy atom. The Kier molecular flexibility index (Phi) is 2.23. The Labute approximate surface area is 123 Å². The number of fused-ring (bicyclic) bond motifs is 9. The molecule has 0 unspecified atom stereocenters. The maximum Gasteiger partial charge on any atom is 0.158 e. The summed E-state index contributed by atoms with van der Waals surface area (Å²) in [6, 6.07) is 10.2. The number of benzene rings is 1. The van der Waals surface area contributed by atoms with Crippen LogP contribution in [0, 0.1) is 11.8 Å². The van der Waals surface area contributed by atoms with Crippen LogP contribution in [-0.4, -0.2) is 30.2 Å². The first-order valence-corrected chi connectivity index (χ1v) is 7.55. The lowest BCUT2D eigenvalue weighted by molar-refractivity contribution is -0.114. The molecule has 1 aromatic carbocycles. The molecule has 106 valence electrons. The fraction of sp³-hybridized carbons (Fsp3) is 0.389. The van der Waals surface area contributed by atoms with Crippen LogP contribution in [0.15, 0.2) is 48.1 Å². The summed E-state index contributed by atoms with van der Waals surface area (Å²) < 4.78 is 12.2. The van der Waals surface area contributed by atoms with Crippen molar-refractivity contribution in [3.05, 3.63) is 53.6 Å². The van der Waals surface area contributed by atoms with E-state index in [-0.39, 0.29) is 30.2 Å². The quantitative estimate of drug-likeness (QED) is 0.780. The monoisotopic (exact) mass is 280 g/mol. The molecule has 0 N–H and O–H groups in total. The van der Waals surface area contributed by atoms with Gasteiger partial charge in [0.25, 0.3) is 0 Å². The summed E-state index contributed by atoms with van der Waals surface area (Å²) in [7, 11) is 0. The van der Waals surface area contributed by atoms with Crippen molar-refractivity contribution in [2.45, 2.75) is 31.3 Å². The molecule has 4 aliphatic heterocycles. The summed E-state index contributed by atoms with van der Waals surface area (Å²) in [5.74, 6) is 0.811. The molecule has 2 saturated heterocycles. The van der Waals surface area contributed by atoms with Gasteiger partial charge in [-0.25, -0.2) is 0 Å². The van der Waals surface area contributed by atoms with Gasteiger partial charge in [0, 0.05) is 17.4 Å². The Bertz CT molecular complexity index is 688. The van der Waals surface area contributed by atoms with Gasteiger partial charge in [0.05, 0.1) is 24.4 Å². The van der Waals surface area contributed by atoms with Crippen molar-refractivity contribution in [3.8, 4) is 0 Å². The smallest absolute Gasteiger partial charge is 0.158 e. The minimum absolute atomic E-state index is 0.00116. The van der Waals surface area contributed by atoms with Crippen LogP contribution in [0.2, 0.25) is 0 Å². The van der Waals surface area contributed by atoms with Gasteiger partial charge in [-0.15, -0.1) is 0 Å². The third-order valence-electron chi connectivity index (χ3n) is 5.32. The fourth-order valence-corrected chi connectivity index (χ4v) is 4.61. The zero-order valence-electron chi connectivity index (χ0n) is 11.7. The van der Waals surface area contributed by atoms with E-state index >= 15 is 0 Å². The van der Waals surface area contributed by atoms with Crippen LogP contribution in [0.5, 0.6) is 0 Å². The van der Waals surface area contributed by atoms with Gasteiger partial charge in [0.15, 0.2) is 5.78 Å². The van der Waals surface area contributed by atoms with Gasteiger partial charge < -0.3 is 9.47 Å². The molecule has 2 fully saturated rings. The predicted octanol–water partition coefficient (Wildman–Crippen LogP) is 2.38. The Morgan fingerprint density at radius 1 is 0.952 bits per heavy atom. The largest absolute Gasteiger partial charge is 0.366 e. The topological polar surface area (TPSA) is 35.5 Å². The van der Waals surface area contributed by atoms with Crippen molar-refractivity contribution < 1.29 is 14.3 Å². The van der Waals surface area contributed by atoms with Crippen molar-refractivity contribution >= 4 is 11.4 Å². The second kappa shape index (κ2) is 3.93. The fourth-order valence-electron chi connectivity index (χ4n) is 4.61. The Morgan fingerprint density at radius 2 is 1.62 bits per heavy atom. The number of carbonyl (C=O) groups is 1. The molecule has 0 spiro atoms. The third-order valence-corrected chi connectivity index (χ3v) is 5.32. The molecule has 4 bridgehead atoms. The van der Waals surface area contributed by atoms with E-state index in [1.165, 1.54) is 0 Å². The first kappa shape index (κ1) is 11.9. The second-order valence-corrected chi connectivity index (χ2v) is 6.33. The highest BCUT2D eigenvalue weighted by molar-refractivity contribution is 6.04. The zero-order chi connectivity index (χ0) is 14.1. The van der Waals surface area contributed by atoms with Crippen LogP contribution in [0.4, 0.5) is 0 Å². The molecule has 0 radical (unpaired) electrons. The van der Waals surface area contributed by atoms with Gasteiger partial charge in [0.1, 0.15) is 0 Å². The highest BCUT2D eigenvalue weighted by atomic mass is 16.5. The molecule has 4 aliphatic rings. The normalized spacial score (nSPS) is 42.0. The van der Waals surface area contributed by atoms with Gasteiger partial charge in [-0.05, 0) is 18.1 Å². The van der Waals surface area contributed by atoms with E-state index in [9.17, 15) is 4.79 Å². The van der Waals surface area contributed by atoms with E-state index in [2.05, 4.69) is 24.3 Å². The molecule has 6 atom stereocenters. The van der Waals surface area contributed by atoms with E-state index in [1.54, 1.807) is 6.92 Å². The number of carbonyl (C=O) groups excluding carboxylic acids is 1. The van der Waals surface area contributed by atoms with Crippen molar-refractivity contribution in [3.63, 3.8) is 0 Å². The number of rotatable bonds is 2. The Hall–Kier alpha value is -1.71. The summed E-state index contributed by atoms with van der Waals surface area (Å²) in [4.78, 5) is 12.2. The molecule has 21 heavy (non-hydrogen) atoms. The van der Waals surface area contributed by atoms with E-state index < -0.39 is 0 Å². The minimum atomic E-state index is -0.0901. The molecule has 0 saturated carbocycles. The molecule has 4 heterocycles. The zero-order valence-corrected chi connectivity index (χ0v) is 11.7. The predicted molar refractivity (Wildman–Crippen MR) is 77.5 cm³/mol. The van der Waals surface area contributed by atoms with Crippen LogP contribution in [0.1, 0.15) is 12.5 Å². The van der Waals surface area contributed by atoms with Crippen molar-refractivity contribution in [1.82, 2.24) is 0 Å². The molecule has 1 aromatic rings. The summed E-state index contributed by atoms with van der Waals surface area (Å²) in [6.45, 7) is 1.65. The highest BCUT2D eigenvalue weighted by Gasteiger charge is 2.64. The lowest BCUT2D eigenvalue weighted by Crippen LogP contribution is -2.36. The first-order valence-electron chi connectivity index (χ1n) is 7.55. The summed E-state index contributed by atoms with van der Waals surface area (Å²) >= 11 is 0. The van der Waals surface area contributed by atoms with Crippen LogP contribution in [0.25, 0.3) is 5.57 Å². The maximum atomic E-state index is 12.2. The standard InChI is InChI=1S/C18H16O3/c1-9(19)13-14(10-5-3-2-4-6-10)18-16-12-8-7-11(20-12)15(16)17(13)21-18/h2-8,11-12,15-18H,1H3/t11-,12+,15+,16-,17-,18+/m1/s1. The minimum Gasteiger partial charge on any atom is -0.366 e. The Balaban J connectivity index is 1.68. The molecule has 0 amide bonds. The lowest BCUT2D eigenvalue weighted by Gasteiger charge is -2.29. The van der Waals surface area contributed by atoms with Gasteiger partial charge in [-0.1, -0.05) is 42.5 Å².